The molecule has 0 radical (unpaired) electrons. The van der Waals surface area contributed by atoms with Gasteiger partial charge in [-0.25, -0.2) is 0 Å². The van der Waals surface area contributed by atoms with Gasteiger partial charge in [-0.15, -0.1) is 0 Å². The Hall–Kier alpha value is -3.42. The molecule has 1 fully saturated rings. The molecule has 3 atom stereocenters. The predicted molar refractivity (Wildman–Crippen MR) is 195 cm³/mol. The summed E-state index contributed by atoms with van der Waals surface area (Å²) in [6.07, 6.45) is 0. The third-order valence-electron chi connectivity index (χ3n) is 7.62. The molecule has 1 N–H and O–H groups in total. The second-order valence-corrected chi connectivity index (χ2v) is 23.4. The van der Waals surface area contributed by atoms with E-state index in [2.05, 4.69) is 193 Å². The van der Waals surface area contributed by atoms with E-state index < -0.39 is 29.9 Å². The van der Waals surface area contributed by atoms with Crippen molar-refractivity contribution in [3.8, 4) is 0 Å². The van der Waals surface area contributed by atoms with E-state index in [0.717, 1.165) is 0 Å². The van der Waals surface area contributed by atoms with Crippen molar-refractivity contribution < 1.29 is 0 Å². The third kappa shape index (κ3) is 5.65. The van der Waals surface area contributed by atoms with Crippen LogP contribution in [0.15, 0.2) is 193 Å². The molecule has 0 spiro atoms. The van der Waals surface area contributed by atoms with Crippen LogP contribution in [-0.2, 0) is 0 Å². The summed E-state index contributed by atoms with van der Waals surface area (Å²) >= 11 is 0. The number of hydrogen-bond acceptors (Lipinski definition) is 1. The molecule has 1 heterocycles. The van der Waals surface area contributed by atoms with Crippen molar-refractivity contribution in [2.45, 2.75) is 0 Å². The summed E-state index contributed by atoms with van der Waals surface area (Å²) in [6, 6.07) is 67.4. The van der Waals surface area contributed by atoms with Crippen molar-refractivity contribution in [2.75, 3.05) is 0 Å². The zero-order chi connectivity index (χ0) is 28.9. The van der Waals surface area contributed by atoms with Crippen molar-refractivity contribution in [3.63, 3.8) is 0 Å². The van der Waals surface area contributed by atoms with Gasteiger partial charge in [0, 0.05) is 20.2 Å². The van der Waals surface area contributed by atoms with E-state index in [1.54, 1.807) is 0 Å². The SMILES string of the molecule is C(=C1/NP(c2ccccc2)P(c2ccccc2)P1c1ccccc1)/[P+](c1ccccc1)(c1ccccc1)c1ccccc1. The summed E-state index contributed by atoms with van der Waals surface area (Å²) in [5.74, 6) is 2.70. The molecule has 0 aromatic heterocycles. The minimum Gasteiger partial charge on any atom is -0.353 e. The van der Waals surface area contributed by atoms with Crippen molar-refractivity contribution >= 4 is 61.8 Å². The largest absolute Gasteiger partial charge is 0.353 e. The maximum atomic E-state index is 4.28. The van der Waals surface area contributed by atoms with Crippen LogP contribution in [0.5, 0.6) is 0 Å². The zero-order valence-electron chi connectivity index (χ0n) is 23.7. The quantitative estimate of drug-likeness (QED) is 0.175. The van der Waals surface area contributed by atoms with Crippen LogP contribution in [0.3, 0.4) is 0 Å². The molecule has 7 rings (SSSR count). The van der Waals surface area contributed by atoms with Gasteiger partial charge in [-0.3, -0.25) is 0 Å². The van der Waals surface area contributed by atoms with Gasteiger partial charge in [0.1, 0.15) is 23.2 Å². The lowest BCUT2D eigenvalue weighted by Gasteiger charge is -2.27. The highest BCUT2D eigenvalue weighted by atomic mass is 32.5. The van der Waals surface area contributed by atoms with Crippen molar-refractivity contribution in [1.29, 1.82) is 0 Å². The van der Waals surface area contributed by atoms with Gasteiger partial charge in [0.25, 0.3) is 0 Å². The Morgan fingerprint density at radius 1 is 0.395 bits per heavy atom. The zero-order valence-corrected chi connectivity index (χ0v) is 27.3. The molecule has 1 aliphatic heterocycles. The molecule has 208 valence electrons. The monoisotopic (exact) mass is 626 g/mol. The van der Waals surface area contributed by atoms with Crippen LogP contribution in [0.25, 0.3) is 0 Å². The smallest absolute Gasteiger partial charge is 0.139 e. The highest BCUT2D eigenvalue weighted by Crippen LogP contribution is 2.91. The molecular formula is C38H32NP4+. The second kappa shape index (κ2) is 13.1. The lowest BCUT2D eigenvalue weighted by atomic mass is 10.4. The van der Waals surface area contributed by atoms with Crippen LogP contribution in [0.1, 0.15) is 0 Å². The molecule has 0 aliphatic carbocycles. The van der Waals surface area contributed by atoms with Gasteiger partial charge in [0.05, 0.1) is 19.0 Å². The maximum Gasteiger partial charge on any atom is 0.139 e. The first kappa shape index (κ1) is 28.4. The molecule has 0 bridgehead atoms. The first-order valence-corrected chi connectivity index (χ1v) is 21.7. The number of rotatable bonds is 7. The maximum absolute atomic E-state index is 4.28. The lowest BCUT2D eigenvalue weighted by molar-refractivity contribution is 1.37. The van der Waals surface area contributed by atoms with Crippen LogP contribution in [0.4, 0.5) is 0 Å². The van der Waals surface area contributed by atoms with Crippen LogP contribution < -0.4 is 36.9 Å². The highest BCUT2D eigenvalue weighted by molar-refractivity contribution is 8.68. The van der Waals surface area contributed by atoms with Gasteiger partial charge in [-0.2, -0.15) is 0 Å². The summed E-state index contributed by atoms with van der Waals surface area (Å²) in [5, 5.41) is 12.8. The van der Waals surface area contributed by atoms with Crippen LogP contribution in [-0.4, -0.2) is 0 Å². The van der Waals surface area contributed by atoms with Crippen LogP contribution >= 0.6 is 29.9 Å². The molecule has 3 unspecified atom stereocenters. The summed E-state index contributed by atoms with van der Waals surface area (Å²) in [4.78, 5) is 0. The summed E-state index contributed by atoms with van der Waals surface area (Å²) < 4.78 is 0. The minimum atomic E-state index is -2.18. The molecule has 1 saturated heterocycles. The normalized spacial score (nSPS) is 19.2. The van der Waals surface area contributed by atoms with E-state index in [0.29, 0.717) is 0 Å². The van der Waals surface area contributed by atoms with Gasteiger partial charge in [0.15, 0.2) is 0 Å². The summed E-state index contributed by atoms with van der Waals surface area (Å²) in [5.41, 5.74) is 1.41. The molecule has 1 aliphatic rings. The predicted octanol–water partition coefficient (Wildman–Crippen LogP) is 8.55. The Kier molecular flexibility index (Phi) is 8.62. The van der Waals surface area contributed by atoms with E-state index in [4.69, 9.17) is 0 Å². The van der Waals surface area contributed by atoms with E-state index in [9.17, 15) is 0 Å². The number of hydrogen-bond donors (Lipinski definition) is 1. The Morgan fingerprint density at radius 3 is 1.16 bits per heavy atom. The van der Waals surface area contributed by atoms with Gasteiger partial charge in [-0.05, 0) is 47.0 Å². The van der Waals surface area contributed by atoms with E-state index in [-0.39, 0.29) is 0 Å². The Morgan fingerprint density at radius 2 is 0.744 bits per heavy atom. The molecule has 43 heavy (non-hydrogen) atoms. The number of nitrogens with one attached hydrogen (secondary N) is 1. The van der Waals surface area contributed by atoms with Gasteiger partial charge < -0.3 is 5.09 Å². The second-order valence-electron chi connectivity index (χ2n) is 10.3. The van der Waals surface area contributed by atoms with Crippen LogP contribution in [0, 0.1) is 0 Å². The first-order valence-electron chi connectivity index (χ1n) is 14.4. The topological polar surface area (TPSA) is 12.0 Å². The minimum absolute atomic E-state index is 0.551. The third-order valence-corrected chi connectivity index (χ3v) is 25.4. The van der Waals surface area contributed by atoms with Crippen LogP contribution in [0.2, 0.25) is 0 Å². The standard InChI is InChI=1S/C38H32NP4/c1-7-19-32(20-8-1)40-38(39-41(33-21-9-2-10-22-33)42(40)34-23-11-3-12-24-34)31-43(35-25-13-4-14-26-35,36-27-15-5-16-28-36)37-29-17-6-18-30-37/h1-31,39H/q+1/b38-31+. The van der Waals surface area contributed by atoms with Gasteiger partial charge in [-0.1, -0.05) is 146 Å². The Labute approximate surface area is 259 Å². The molecule has 0 amide bonds. The fraction of sp³-hybridized carbons (Fsp3) is 0. The summed E-state index contributed by atoms with van der Waals surface area (Å²) in [6.45, 7) is 0. The fourth-order valence-electron chi connectivity index (χ4n) is 5.67. The van der Waals surface area contributed by atoms with Crippen molar-refractivity contribution in [1.82, 2.24) is 5.09 Å². The molecule has 1 nitrogen and oxygen atoms in total. The molecule has 6 aromatic rings. The summed E-state index contributed by atoms with van der Waals surface area (Å²) in [7, 11) is -4.05. The van der Waals surface area contributed by atoms with E-state index >= 15 is 0 Å². The van der Waals surface area contributed by atoms with E-state index in [1.807, 2.05) is 0 Å². The van der Waals surface area contributed by atoms with E-state index in [1.165, 1.54) is 37.3 Å². The van der Waals surface area contributed by atoms with Gasteiger partial charge >= 0.3 is 0 Å². The number of benzene rings is 6. The molecule has 0 saturated carbocycles. The van der Waals surface area contributed by atoms with Gasteiger partial charge in [0.2, 0.25) is 0 Å². The average Bonchev–Trinajstić information content (AvgIpc) is 3.48. The highest BCUT2D eigenvalue weighted by Gasteiger charge is 2.49. The fourth-order valence-corrected chi connectivity index (χ4v) is 26.4. The van der Waals surface area contributed by atoms with Crippen molar-refractivity contribution in [2.24, 2.45) is 0 Å². The molecule has 5 heteroatoms. The Balaban J connectivity index is 1.54. The first-order chi connectivity index (χ1) is 21.3. The Bertz CT molecular complexity index is 1690. The lowest BCUT2D eigenvalue weighted by Crippen LogP contribution is -2.30. The average molecular weight is 627 g/mol. The van der Waals surface area contributed by atoms with Crippen molar-refractivity contribution in [3.05, 3.63) is 193 Å². The molecular weight excluding hydrogens is 594 g/mol. The molecule has 6 aromatic carbocycles.